The molecule has 1 atom stereocenters. The number of ether oxygens (including phenoxy) is 1. The summed E-state index contributed by atoms with van der Waals surface area (Å²) in [6.07, 6.45) is 1.84. The Morgan fingerprint density at radius 1 is 1.14 bits per heavy atom. The molecule has 0 radical (unpaired) electrons. The summed E-state index contributed by atoms with van der Waals surface area (Å²) >= 11 is 0. The molecule has 4 heteroatoms. The number of nitrogens with zero attached hydrogens (tertiary/aromatic N) is 2. The Morgan fingerprint density at radius 2 is 1.82 bits per heavy atom. The molecule has 22 heavy (non-hydrogen) atoms. The second-order valence-electron chi connectivity index (χ2n) is 5.87. The second kappa shape index (κ2) is 6.46. The van der Waals surface area contributed by atoms with Crippen molar-refractivity contribution in [3.8, 4) is 11.1 Å². The van der Waals surface area contributed by atoms with E-state index < -0.39 is 0 Å². The highest BCUT2D eigenvalue weighted by molar-refractivity contribution is 5.65. The minimum absolute atomic E-state index is 0.421. The Balaban J connectivity index is 1.78. The minimum atomic E-state index is 0.421. The van der Waals surface area contributed by atoms with Crippen LogP contribution in [0.4, 0.5) is 5.82 Å². The van der Waals surface area contributed by atoms with E-state index in [1.807, 2.05) is 13.1 Å². The van der Waals surface area contributed by atoms with Gasteiger partial charge in [-0.2, -0.15) is 0 Å². The van der Waals surface area contributed by atoms with Gasteiger partial charge in [-0.15, -0.1) is 0 Å². The number of anilines is 1. The third kappa shape index (κ3) is 3.13. The van der Waals surface area contributed by atoms with Crippen LogP contribution in [0.5, 0.6) is 0 Å². The predicted octanol–water partition coefficient (Wildman–Crippen LogP) is 3.03. The molecule has 116 valence electrons. The highest BCUT2D eigenvalue weighted by atomic mass is 16.5. The SMILES string of the molecule is Cc1cc(-c2ccc(C(C)N3CCOCC3)cc2)cnc1N. The predicted molar refractivity (Wildman–Crippen MR) is 89.6 cm³/mol. The van der Waals surface area contributed by atoms with E-state index in [2.05, 4.69) is 47.1 Å². The molecule has 1 aliphatic heterocycles. The maximum absolute atomic E-state index is 5.79. The topological polar surface area (TPSA) is 51.4 Å². The zero-order valence-corrected chi connectivity index (χ0v) is 13.2. The van der Waals surface area contributed by atoms with Crippen molar-refractivity contribution in [2.45, 2.75) is 19.9 Å². The van der Waals surface area contributed by atoms with Crippen LogP contribution >= 0.6 is 0 Å². The molecule has 1 saturated heterocycles. The van der Waals surface area contributed by atoms with Crippen molar-refractivity contribution in [1.29, 1.82) is 0 Å². The normalized spacial score (nSPS) is 17.4. The average Bonchev–Trinajstić information content (AvgIpc) is 2.58. The van der Waals surface area contributed by atoms with Crippen molar-refractivity contribution in [2.24, 2.45) is 0 Å². The first kappa shape index (κ1) is 15.0. The Kier molecular flexibility index (Phi) is 4.41. The molecular weight excluding hydrogens is 274 g/mol. The number of hydrogen-bond donors (Lipinski definition) is 1. The molecule has 1 aromatic heterocycles. The van der Waals surface area contributed by atoms with Crippen molar-refractivity contribution in [3.05, 3.63) is 47.7 Å². The smallest absolute Gasteiger partial charge is 0.126 e. The fourth-order valence-corrected chi connectivity index (χ4v) is 2.87. The molecule has 3 rings (SSSR count). The number of pyridine rings is 1. The first-order valence-electron chi connectivity index (χ1n) is 7.79. The Morgan fingerprint density at radius 3 is 2.45 bits per heavy atom. The number of aromatic nitrogens is 1. The maximum atomic E-state index is 5.79. The van der Waals surface area contributed by atoms with Gasteiger partial charge in [0.15, 0.2) is 0 Å². The standard InChI is InChI=1S/C18H23N3O/c1-13-11-17(12-20-18(13)19)16-5-3-15(4-6-16)14(2)21-7-9-22-10-8-21/h3-6,11-12,14H,7-10H2,1-2H3,(H2,19,20). The molecular formula is C18H23N3O. The molecule has 1 fully saturated rings. The highest BCUT2D eigenvalue weighted by Crippen LogP contribution is 2.26. The van der Waals surface area contributed by atoms with Crippen LogP contribution in [0, 0.1) is 6.92 Å². The van der Waals surface area contributed by atoms with E-state index in [9.17, 15) is 0 Å². The minimum Gasteiger partial charge on any atom is -0.383 e. The number of rotatable bonds is 3. The second-order valence-corrected chi connectivity index (χ2v) is 5.87. The fraction of sp³-hybridized carbons (Fsp3) is 0.389. The van der Waals surface area contributed by atoms with Gasteiger partial charge in [-0.1, -0.05) is 24.3 Å². The summed E-state index contributed by atoms with van der Waals surface area (Å²) in [6.45, 7) is 7.92. The van der Waals surface area contributed by atoms with E-state index in [1.54, 1.807) is 0 Å². The number of benzene rings is 1. The number of morpholine rings is 1. The van der Waals surface area contributed by atoms with Gasteiger partial charge in [-0.3, -0.25) is 4.90 Å². The molecule has 2 N–H and O–H groups in total. The zero-order valence-electron chi connectivity index (χ0n) is 13.2. The van der Waals surface area contributed by atoms with Crippen molar-refractivity contribution in [2.75, 3.05) is 32.0 Å². The Labute approximate surface area is 131 Å². The van der Waals surface area contributed by atoms with Crippen LogP contribution in [0.15, 0.2) is 36.5 Å². The van der Waals surface area contributed by atoms with E-state index in [0.29, 0.717) is 11.9 Å². The maximum Gasteiger partial charge on any atom is 0.126 e. The summed E-state index contributed by atoms with van der Waals surface area (Å²) in [4.78, 5) is 6.71. The fourth-order valence-electron chi connectivity index (χ4n) is 2.87. The van der Waals surface area contributed by atoms with Gasteiger partial charge in [-0.05, 0) is 36.6 Å². The molecule has 1 aliphatic rings. The van der Waals surface area contributed by atoms with Gasteiger partial charge in [0.2, 0.25) is 0 Å². The molecule has 1 aromatic carbocycles. The zero-order chi connectivity index (χ0) is 15.5. The average molecular weight is 297 g/mol. The van der Waals surface area contributed by atoms with Crippen molar-refractivity contribution in [1.82, 2.24) is 9.88 Å². The van der Waals surface area contributed by atoms with Crippen LogP contribution in [0.3, 0.4) is 0 Å². The molecule has 0 spiro atoms. The van der Waals surface area contributed by atoms with E-state index in [4.69, 9.17) is 10.5 Å². The van der Waals surface area contributed by atoms with Gasteiger partial charge in [-0.25, -0.2) is 4.98 Å². The van der Waals surface area contributed by atoms with Crippen LogP contribution in [-0.2, 0) is 4.74 Å². The summed E-state index contributed by atoms with van der Waals surface area (Å²) in [5.74, 6) is 0.598. The lowest BCUT2D eigenvalue weighted by Crippen LogP contribution is -2.37. The van der Waals surface area contributed by atoms with E-state index in [1.165, 1.54) is 11.1 Å². The number of aryl methyl sites for hydroxylation is 1. The molecule has 2 heterocycles. The Hall–Kier alpha value is -1.91. The molecule has 4 nitrogen and oxygen atoms in total. The van der Waals surface area contributed by atoms with Crippen LogP contribution in [0.2, 0.25) is 0 Å². The first-order valence-corrected chi connectivity index (χ1v) is 7.79. The number of nitrogen functional groups attached to an aromatic ring is 1. The van der Waals surface area contributed by atoms with Gasteiger partial charge in [0.05, 0.1) is 13.2 Å². The lowest BCUT2D eigenvalue weighted by molar-refractivity contribution is 0.0198. The van der Waals surface area contributed by atoms with E-state index in [0.717, 1.165) is 37.4 Å². The lowest BCUT2D eigenvalue weighted by atomic mass is 10.0. The molecule has 0 aliphatic carbocycles. The molecule has 1 unspecified atom stereocenters. The van der Waals surface area contributed by atoms with Crippen LogP contribution in [0.1, 0.15) is 24.1 Å². The van der Waals surface area contributed by atoms with Crippen molar-refractivity contribution < 1.29 is 4.74 Å². The summed E-state index contributed by atoms with van der Waals surface area (Å²) < 4.78 is 5.42. The molecule has 0 amide bonds. The van der Waals surface area contributed by atoms with Gasteiger partial charge >= 0.3 is 0 Å². The molecule has 0 saturated carbocycles. The quantitative estimate of drug-likeness (QED) is 0.946. The van der Waals surface area contributed by atoms with E-state index in [-0.39, 0.29) is 0 Å². The third-order valence-corrected chi connectivity index (χ3v) is 4.44. The van der Waals surface area contributed by atoms with Gasteiger partial charge in [0.25, 0.3) is 0 Å². The van der Waals surface area contributed by atoms with Crippen LogP contribution in [0.25, 0.3) is 11.1 Å². The first-order chi connectivity index (χ1) is 10.6. The van der Waals surface area contributed by atoms with Crippen molar-refractivity contribution >= 4 is 5.82 Å². The van der Waals surface area contributed by atoms with Gasteiger partial charge in [0, 0.05) is 30.9 Å². The Bertz CT molecular complexity index is 633. The number of nitrogens with two attached hydrogens (primary N) is 1. The highest BCUT2D eigenvalue weighted by Gasteiger charge is 2.18. The monoisotopic (exact) mass is 297 g/mol. The van der Waals surface area contributed by atoms with Gasteiger partial charge < -0.3 is 10.5 Å². The van der Waals surface area contributed by atoms with Crippen LogP contribution in [-0.4, -0.2) is 36.2 Å². The molecule has 2 aromatic rings. The summed E-state index contributed by atoms with van der Waals surface area (Å²) in [5, 5.41) is 0. The summed E-state index contributed by atoms with van der Waals surface area (Å²) in [6, 6.07) is 11.3. The van der Waals surface area contributed by atoms with Crippen molar-refractivity contribution in [3.63, 3.8) is 0 Å². The van der Waals surface area contributed by atoms with Gasteiger partial charge in [0.1, 0.15) is 5.82 Å². The summed E-state index contributed by atoms with van der Waals surface area (Å²) in [5.41, 5.74) is 10.4. The lowest BCUT2D eigenvalue weighted by Gasteiger charge is -2.32. The largest absolute Gasteiger partial charge is 0.383 e. The molecule has 0 bridgehead atoms. The third-order valence-electron chi connectivity index (χ3n) is 4.44. The number of hydrogen-bond acceptors (Lipinski definition) is 4. The van der Waals surface area contributed by atoms with Crippen LogP contribution < -0.4 is 5.73 Å². The summed E-state index contributed by atoms with van der Waals surface area (Å²) in [7, 11) is 0. The van der Waals surface area contributed by atoms with E-state index >= 15 is 0 Å².